The molecule has 0 bridgehead atoms. The van der Waals surface area contributed by atoms with E-state index < -0.39 is 5.60 Å². The molecule has 2 saturated heterocycles. The summed E-state index contributed by atoms with van der Waals surface area (Å²) in [5.41, 5.74) is 0.922. The molecule has 0 N–H and O–H groups in total. The van der Waals surface area contributed by atoms with Crippen LogP contribution in [0.25, 0.3) is 0 Å². The van der Waals surface area contributed by atoms with Crippen LogP contribution >= 0.6 is 0 Å². The molecule has 0 aromatic carbocycles. The lowest BCUT2D eigenvalue weighted by Crippen LogP contribution is -2.59. The first-order valence-corrected chi connectivity index (χ1v) is 9.21. The lowest BCUT2D eigenvalue weighted by atomic mass is 9.96. The van der Waals surface area contributed by atoms with Gasteiger partial charge in [-0.25, -0.2) is 0 Å². The van der Waals surface area contributed by atoms with E-state index in [1.54, 1.807) is 0 Å². The van der Waals surface area contributed by atoms with Crippen LogP contribution in [0.4, 0.5) is 0 Å². The molecular formula is C19H30N2O3. The lowest BCUT2D eigenvalue weighted by molar-refractivity contribution is -0.161. The number of allylic oxidation sites excluding steroid dienone is 1. The summed E-state index contributed by atoms with van der Waals surface area (Å²) >= 11 is 0. The Morgan fingerprint density at radius 1 is 1.29 bits per heavy atom. The van der Waals surface area contributed by atoms with E-state index >= 15 is 0 Å². The molecule has 0 aromatic rings. The molecule has 5 nitrogen and oxygen atoms in total. The van der Waals surface area contributed by atoms with Crippen molar-refractivity contribution in [1.82, 2.24) is 9.80 Å². The van der Waals surface area contributed by atoms with Crippen molar-refractivity contribution in [2.75, 3.05) is 52.5 Å². The van der Waals surface area contributed by atoms with E-state index in [9.17, 15) is 4.79 Å². The average molecular weight is 334 g/mol. The van der Waals surface area contributed by atoms with E-state index in [0.29, 0.717) is 39.3 Å². The molecule has 2 heterocycles. The van der Waals surface area contributed by atoms with E-state index in [2.05, 4.69) is 17.6 Å². The number of hydrogen-bond donors (Lipinski definition) is 0. The molecule has 134 valence electrons. The number of carbonyl (C=O) groups excluding carboxylic acids is 1. The van der Waals surface area contributed by atoms with Crippen LogP contribution < -0.4 is 0 Å². The second-order valence-electron chi connectivity index (χ2n) is 7.21. The van der Waals surface area contributed by atoms with Gasteiger partial charge in [0.2, 0.25) is 5.91 Å². The Morgan fingerprint density at radius 2 is 2.21 bits per heavy atom. The molecule has 2 aliphatic heterocycles. The largest absolute Gasteiger partial charge is 0.377 e. The molecule has 3 rings (SSSR count). The third kappa shape index (κ3) is 4.47. The fourth-order valence-electron chi connectivity index (χ4n) is 3.93. The minimum absolute atomic E-state index is 0.241. The Labute approximate surface area is 145 Å². The maximum absolute atomic E-state index is 12.7. The topological polar surface area (TPSA) is 42.0 Å². The third-order valence-electron chi connectivity index (χ3n) is 5.18. The first-order valence-electron chi connectivity index (χ1n) is 9.21. The van der Waals surface area contributed by atoms with E-state index in [0.717, 1.165) is 32.5 Å². The van der Waals surface area contributed by atoms with Gasteiger partial charge in [-0.2, -0.15) is 0 Å². The number of nitrogens with zero attached hydrogens (tertiary/aromatic N) is 2. The summed E-state index contributed by atoms with van der Waals surface area (Å²) < 4.78 is 11.9. The highest BCUT2D eigenvalue weighted by Crippen LogP contribution is 2.25. The van der Waals surface area contributed by atoms with Crippen LogP contribution in [0.15, 0.2) is 24.3 Å². The Bertz CT molecular complexity index is 491. The third-order valence-corrected chi connectivity index (χ3v) is 5.18. The predicted molar refractivity (Wildman–Crippen MR) is 93.9 cm³/mol. The van der Waals surface area contributed by atoms with Crippen LogP contribution in [0.5, 0.6) is 0 Å². The summed E-state index contributed by atoms with van der Waals surface area (Å²) in [7, 11) is 0. The van der Waals surface area contributed by atoms with Crippen molar-refractivity contribution in [1.29, 1.82) is 0 Å². The van der Waals surface area contributed by atoms with Gasteiger partial charge in [0.05, 0.1) is 26.4 Å². The molecule has 24 heavy (non-hydrogen) atoms. The fourth-order valence-corrected chi connectivity index (χ4v) is 3.93. The van der Waals surface area contributed by atoms with Gasteiger partial charge in [0.1, 0.15) is 5.60 Å². The molecule has 0 radical (unpaired) electrons. The molecule has 1 unspecified atom stereocenters. The second-order valence-corrected chi connectivity index (χ2v) is 7.21. The first-order chi connectivity index (χ1) is 11.7. The maximum Gasteiger partial charge on any atom is 0.226 e. The number of carbonyl (C=O) groups is 1. The summed E-state index contributed by atoms with van der Waals surface area (Å²) in [5.74, 6) is 0.241. The normalized spacial score (nSPS) is 29.2. The molecule has 1 spiro atoms. The van der Waals surface area contributed by atoms with Crippen LogP contribution in [-0.4, -0.2) is 73.9 Å². The lowest BCUT2D eigenvalue weighted by Gasteiger charge is -2.43. The zero-order chi connectivity index (χ0) is 16.8. The van der Waals surface area contributed by atoms with Crippen molar-refractivity contribution in [2.45, 2.75) is 37.7 Å². The van der Waals surface area contributed by atoms with Crippen molar-refractivity contribution in [2.24, 2.45) is 0 Å². The van der Waals surface area contributed by atoms with Gasteiger partial charge in [-0.15, -0.1) is 6.58 Å². The number of ether oxygens (including phenoxy) is 2. The van der Waals surface area contributed by atoms with Gasteiger partial charge in [0.25, 0.3) is 0 Å². The smallest absolute Gasteiger partial charge is 0.226 e. The Morgan fingerprint density at radius 3 is 3.00 bits per heavy atom. The minimum atomic E-state index is -0.394. The summed E-state index contributed by atoms with van der Waals surface area (Å²) in [6.45, 7) is 9.53. The maximum atomic E-state index is 12.7. The van der Waals surface area contributed by atoms with Crippen molar-refractivity contribution in [3.8, 4) is 0 Å². The minimum Gasteiger partial charge on any atom is -0.377 e. The van der Waals surface area contributed by atoms with Crippen LogP contribution in [-0.2, 0) is 14.3 Å². The molecule has 3 aliphatic rings. The van der Waals surface area contributed by atoms with E-state index in [1.807, 2.05) is 11.0 Å². The highest BCUT2D eigenvalue weighted by molar-refractivity contribution is 5.79. The van der Waals surface area contributed by atoms with E-state index in [4.69, 9.17) is 9.47 Å². The van der Waals surface area contributed by atoms with Gasteiger partial charge in [-0.1, -0.05) is 17.7 Å². The molecule has 1 atom stereocenters. The standard InChI is InChI=1S/C19H30N2O3/c1-2-8-20-9-11-23-16-19(14-20)15-21(10-12-24-19)18(22)13-17-6-4-3-5-7-17/h2,6H,1,3-5,7-16H2. The van der Waals surface area contributed by atoms with Gasteiger partial charge >= 0.3 is 0 Å². The summed E-state index contributed by atoms with van der Waals surface area (Å²) in [6, 6.07) is 0. The highest BCUT2D eigenvalue weighted by atomic mass is 16.5. The summed E-state index contributed by atoms with van der Waals surface area (Å²) in [4.78, 5) is 17.0. The number of hydrogen-bond acceptors (Lipinski definition) is 4. The van der Waals surface area contributed by atoms with Gasteiger partial charge in [-0.3, -0.25) is 9.69 Å². The van der Waals surface area contributed by atoms with Crippen LogP contribution in [0.1, 0.15) is 32.1 Å². The van der Waals surface area contributed by atoms with Gasteiger partial charge in [-0.05, 0) is 25.7 Å². The van der Waals surface area contributed by atoms with Crippen LogP contribution in [0.3, 0.4) is 0 Å². The second kappa shape index (κ2) is 8.28. The van der Waals surface area contributed by atoms with Crippen molar-refractivity contribution in [3.05, 3.63) is 24.3 Å². The zero-order valence-electron chi connectivity index (χ0n) is 14.7. The Kier molecular flexibility index (Phi) is 6.09. The van der Waals surface area contributed by atoms with Gasteiger partial charge < -0.3 is 14.4 Å². The van der Waals surface area contributed by atoms with Crippen LogP contribution in [0.2, 0.25) is 0 Å². The Balaban J connectivity index is 1.62. The SMILES string of the molecule is C=CCN1CCOCC2(C1)CN(C(=O)CC1=CCCCC1)CCO2. The molecule has 0 aromatic heterocycles. The molecule has 2 fully saturated rings. The number of morpholine rings is 1. The molecular weight excluding hydrogens is 304 g/mol. The van der Waals surface area contributed by atoms with Gasteiger partial charge in [0, 0.05) is 32.6 Å². The fraction of sp³-hybridized carbons (Fsp3) is 0.737. The van der Waals surface area contributed by atoms with E-state index in [1.165, 1.54) is 18.4 Å². The monoisotopic (exact) mass is 334 g/mol. The predicted octanol–water partition coefficient (Wildman–Crippen LogP) is 1.99. The molecule has 1 amide bonds. The summed E-state index contributed by atoms with van der Waals surface area (Å²) in [6.07, 6.45) is 9.44. The van der Waals surface area contributed by atoms with Crippen molar-refractivity contribution in [3.63, 3.8) is 0 Å². The number of rotatable bonds is 4. The molecule has 5 heteroatoms. The average Bonchev–Trinajstić information content (AvgIpc) is 2.78. The zero-order valence-corrected chi connectivity index (χ0v) is 14.7. The molecule has 1 aliphatic carbocycles. The Hall–Kier alpha value is -1.17. The number of amides is 1. The quantitative estimate of drug-likeness (QED) is 0.738. The van der Waals surface area contributed by atoms with Gasteiger partial charge in [0.15, 0.2) is 0 Å². The van der Waals surface area contributed by atoms with Crippen molar-refractivity contribution < 1.29 is 14.3 Å². The van der Waals surface area contributed by atoms with E-state index in [-0.39, 0.29) is 5.91 Å². The summed E-state index contributed by atoms with van der Waals surface area (Å²) in [5, 5.41) is 0. The first kappa shape index (κ1) is 17.6. The van der Waals surface area contributed by atoms with Crippen molar-refractivity contribution >= 4 is 5.91 Å². The molecule has 0 saturated carbocycles. The van der Waals surface area contributed by atoms with Crippen LogP contribution in [0, 0.1) is 0 Å². The highest BCUT2D eigenvalue weighted by Gasteiger charge is 2.41.